The molecule has 6 heteroatoms. The lowest BCUT2D eigenvalue weighted by atomic mass is 9.87. The molecule has 1 N–H and O–H groups in total. The van der Waals surface area contributed by atoms with Crippen LogP contribution < -0.4 is 19.5 Å². The van der Waals surface area contributed by atoms with Gasteiger partial charge in [-0.3, -0.25) is 4.79 Å². The van der Waals surface area contributed by atoms with Gasteiger partial charge >= 0.3 is 0 Å². The van der Waals surface area contributed by atoms with Gasteiger partial charge < -0.3 is 24.4 Å². The summed E-state index contributed by atoms with van der Waals surface area (Å²) >= 11 is 0. The smallest absolute Gasteiger partial charge is 0.227 e. The Morgan fingerprint density at radius 2 is 1.64 bits per heavy atom. The average molecular weight is 348 g/mol. The molecule has 0 radical (unpaired) electrons. The van der Waals surface area contributed by atoms with Crippen LogP contribution in [-0.4, -0.2) is 58.3 Å². The van der Waals surface area contributed by atoms with Crippen LogP contribution in [0.3, 0.4) is 0 Å². The first-order valence-corrected chi connectivity index (χ1v) is 8.99. The van der Waals surface area contributed by atoms with Crippen LogP contribution in [0.5, 0.6) is 17.2 Å². The van der Waals surface area contributed by atoms with Crippen LogP contribution in [0.2, 0.25) is 0 Å². The van der Waals surface area contributed by atoms with E-state index in [4.69, 9.17) is 14.2 Å². The lowest BCUT2D eigenvalue weighted by Crippen LogP contribution is -2.41. The fraction of sp³-hybridized carbons (Fsp3) is 0.632. The van der Waals surface area contributed by atoms with Gasteiger partial charge in [-0.15, -0.1) is 0 Å². The fourth-order valence-corrected chi connectivity index (χ4v) is 3.95. The summed E-state index contributed by atoms with van der Waals surface area (Å²) in [5.41, 5.74) is 1.05. The third-order valence-corrected chi connectivity index (χ3v) is 5.31. The van der Waals surface area contributed by atoms with E-state index in [9.17, 15) is 4.79 Å². The van der Waals surface area contributed by atoms with Gasteiger partial charge in [-0.25, -0.2) is 0 Å². The predicted molar refractivity (Wildman–Crippen MR) is 95.6 cm³/mol. The number of amides is 1. The molecule has 1 aromatic rings. The van der Waals surface area contributed by atoms with Crippen molar-refractivity contribution in [1.29, 1.82) is 0 Å². The molecule has 138 valence electrons. The summed E-state index contributed by atoms with van der Waals surface area (Å²) in [5, 5.41) is 3.38. The molecule has 0 aromatic heterocycles. The van der Waals surface area contributed by atoms with E-state index >= 15 is 0 Å². The van der Waals surface area contributed by atoms with Crippen molar-refractivity contribution in [2.45, 2.75) is 25.2 Å². The summed E-state index contributed by atoms with van der Waals surface area (Å²) in [6.45, 7) is 3.27. The Kier molecular flexibility index (Phi) is 5.68. The molecule has 0 aliphatic carbocycles. The first-order chi connectivity index (χ1) is 12.2. The Morgan fingerprint density at radius 1 is 1.00 bits per heavy atom. The molecular weight excluding hydrogens is 320 g/mol. The van der Waals surface area contributed by atoms with Crippen molar-refractivity contribution in [2.24, 2.45) is 5.92 Å². The highest BCUT2D eigenvalue weighted by Gasteiger charge is 2.37. The number of nitrogens with zero attached hydrogens (tertiary/aromatic N) is 1. The molecule has 2 aliphatic rings. The number of ether oxygens (including phenoxy) is 3. The van der Waals surface area contributed by atoms with Crippen LogP contribution in [0, 0.1) is 5.92 Å². The monoisotopic (exact) mass is 348 g/mol. The van der Waals surface area contributed by atoms with Gasteiger partial charge in [0.25, 0.3) is 0 Å². The van der Waals surface area contributed by atoms with Gasteiger partial charge in [-0.1, -0.05) is 0 Å². The first-order valence-electron chi connectivity index (χ1n) is 8.99. The minimum absolute atomic E-state index is 0.0408. The fourth-order valence-electron chi connectivity index (χ4n) is 3.95. The number of nitrogens with one attached hydrogen (secondary N) is 1. The molecule has 2 heterocycles. The van der Waals surface area contributed by atoms with Crippen molar-refractivity contribution in [3.8, 4) is 17.2 Å². The summed E-state index contributed by atoms with van der Waals surface area (Å²) in [7, 11) is 4.83. The van der Waals surface area contributed by atoms with E-state index in [1.54, 1.807) is 21.3 Å². The zero-order chi connectivity index (χ0) is 17.8. The number of carbonyl (C=O) groups excluding carboxylic acids is 1. The maximum absolute atomic E-state index is 13.0. The topological polar surface area (TPSA) is 60.0 Å². The van der Waals surface area contributed by atoms with Gasteiger partial charge in [0.15, 0.2) is 11.5 Å². The van der Waals surface area contributed by atoms with Gasteiger partial charge in [-0.05, 0) is 37.0 Å². The molecule has 2 aliphatic heterocycles. The Balaban J connectivity index is 1.87. The maximum Gasteiger partial charge on any atom is 0.227 e. The lowest BCUT2D eigenvalue weighted by Gasteiger charge is -2.31. The zero-order valence-electron chi connectivity index (χ0n) is 15.3. The molecular formula is C19H28N2O4. The zero-order valence-corrected chi connectivity index (χ0v) is 15.3. The van der Waals surface area contributed by atoms with E-state index in [-0.39, 0.29) is 17.7 Å². The minimum atomic E-state index is -0.0408. The number of rotatable bonds is 5. The van der Waals surface area contributed by atoms with E-state index in [1.165, 1.54) is 6.42 Å². The van der Waals surface area contributed by atoms with Crippen LogP contribution in [0.1, 0.15) is 30.7 Å². The van der Waals surface area contributed by atoms with Crippen molar-refractivity contribution in [2.75, 3.05) is 47.5 Å². The van der Waals surface area contributed by atoms with Gasteiger partial charge in [0.05, 0.1) is 27.2 Å². The lowest BCUT2D eigenvalue weighted by molar-refractivity contribution is -0.136. The van der Waals surface area contributed by atoms with Crippen LogP contribution in [0.4, 0.5) is 0 Å². The Bertz CT molecular complexity index is 588. The second kappa shape index (κ2) is 7.95. The number of hydrogen-bond donors (Lipinski definition) is 1. The Hall–Kier alpha value is -1.95. The van der Waals surface area contributed by atoms with Crippen LogP contribution in [0.25, 0.3) is 0 Å². The van der Waals surface area contributed by atoms with Crippen molar-refractivity contribution < 1.29 is 19.0 Å². The Morgan fingerprint density at radius 3 is 2.20 bits per heavy atom. The summed E-state index contributed by atoms with van der Waals surface area (Å²) in [5.74, 6) is 2.19. The minimum Gasteiger partial charge on any atom is -0.493 e. The van der Waals surface area contributed by atoms with Gasteiger partial charge in [0, 0.05) is 32.1 Å². The standard InChI is InChI=1S/C19H28N2O4/c1-23-16-9-13(10-17(24-2)18(16)25-3)14-11-20-12-15(14)19(22)21-7-5-4-6-8-21/h9-10,14-15,20H,4-8,11-12H2,1-3H3. The molecule has 2 saturated heterocycles. The third kappa shape index (κ3) is 3.54. The van der Waals surface area contributed by atoms with Gasteiger partial charge in [0.2, 0.25) is 11.7 Å². The quantitative estimate of drug-likeness (QED) is 0.882. The molecule has 2 atom stereocenters. The van der Waals surface area contributed by atoms with E-state index in [0.29, 0.717) is 17.2 Å². The molecule has 1 aromatic carbocycles. The number of piperidine rings is 1. The van der Waals surface area contributed by atoms with Crippen LogP contribution in [0.15, 0.2) is 12.1 Å². The third-order valence-electron chi connectivity index (χ3n) is 5.31. The van der Waals surface area contributed by atoms with E-state index in [1.807, 2.05) is 17.0 Å². The second-order valence-electron chi connectivity index (χ2n) is 6.72. The highest BCUT2D eigenvalue weighted by atomic mass is 16.5. The van der Waals surface area contributed by atoms with E-state index in [0.717, 1.165) is 44.6 Å². The van der Waals surface area contributed by atoms with Crippen molar-refractivity contribution in [1.82, 2.24) is 10.2 Å². The summed E-state index contributed by atoms with van der Waals surface area (Å²) < 4.78 is 16.3. The first kappa shape index (κ1) is 17.9. The molecule has 0 spiro atoms. The van der Waals surface area contributed by atoms with Crippen LogP contribution >= 0.6 is 0 Å². The van der Waals surface area contributed by atoms with E-state index in [2.05, 4.69) is 5.32 Å². The largest absolute Gasteiger partial charge is 0.493 e. The normalized spacial score (nSPS) is 23.4. The maximum atomic E-state index is 13.0. The average Bonchev–Trinajstić information content (AvgIpc) is 3.16. The molecule has 3 rings (SSSR count). The molecule has 2 fully saturated rings. The highest BCUT2D eigenvalue weighted by molar-refractivity contribution is 5.81. The number of methoxy groups -OCH3 is 3. The number of benzene rings is 1. The molecule has 6 nitrogen and oxygen atoms in total. The number of carbonyl (C=O) groups is 1. The van der Waals surface area contributed by atoms with Crippen molar-refractivity contribution in [3.63, 3.8) is 0 Å². The number of hydrogen-bond acceptors (Lipinski definition) is 5. The predicted octanol–water partition coefficient (Wildman–Crippen LogP) is 2.03. The van der Waals surface area contributed by atoms with Gasteiger partial charge in [0.1, 0.15) is 0 Å². The van der Waals surface area contributed by atoms with E-state index < -0.39 is 0 Å². The SMILES string of the molecule is COc1cc(C2CNCC2C(=O)N2CCCCC2)cc(OC)c1OC. The molecule has 0 bridgehead atoms. The molecule has 2 unspecified atom stereocenters. The molecule has 1 amide bonds. The second-order valence-corrected chi connectivity index (χ2v) is 6.72. The summed E-state index contributed by atoms with van der Waals surface area (Å²) in [6.07, 6.45) is 3.45. The number of likely N-dealkylation sites (tertiary alicyclic amines) is 1. The summed E-state index contributed by atoms with van der Waals surface area (Å²) in [4.78, 5) is 15.0. The van der Waals surface area contributed by atoms with Crippen LogP contribution in [-0.2, 0) is 4.79 Å². The van der Waals surface area contributed by atoms with Crippen molar-refractivity contribution >= 4 is 5.91 Å². The highest BCUT2D eigenvalue weighted by Crippen LogP contribution is 2.42. The molecule has 25 heavy (non-hydrogen) atoms. The van der Waals surface area contributed by atoms with Gasteiger partial charge in [-0.2, -0.15) is 0 Å². The summed E-state index contributed by atoms with van der Waals surface area (Å²) in [6, 6.07) is 3.94. The molecule has 0 saturated carbocycles. The van der Waals surface area contributed by atoms with Crippen molar-refractivity contribution in [3.05, 3.63) is 17.7 Å². The Labute approximate surface area is 149 Å².